The Bertz CT molecular complexity index is 1030. The highest BCUT2D eigenvalue weighted by Gasteiger charge is 2.41. The lowest BCUT2D eigenvalue weighted by Crippen LogP contribution is -2.47. The Hall–Kier alpha value is -3.22. The number of Topliss-reactive ketones (excluding diaryl/α,β-unsaturated/α-hetero) is 1. The molecule has 3 aliphatic rings. The van der Waals surface area contributed by atoms with Crippen LogP contribution >= 0.6 is 0 Å². The van der Waals surface area contributed by atoms with E-state index in [-0.39, 0.29) is 11.8 Å². The number of rotatable bonds is 5. The number of anilines is 2. The highest BCUT2D eigenvalue weighted by Crippen LogP contribution is 2.40. The van der Waals surface area contributed by atoms with Gasteiger partial charge in [0.2, 0.25) is 0 Å². The molecular formula is C23H25N5O2. The molecule has 4 heterocycles. The number of aromatic nitrogens is 2. The van der Waals surface area contributed by atoms with Gasteiger partial charge >= 0.3 is 0 Å². The number of allylic oxidation sites excluding steroid dienone is 1. The van der Waals surface area contributed by atoms with Crippen LogP contribution in [0, 0.1) is 0 Å². The molecule has 1 unspecified atom stereocenters. The van der Waals surface area contributed by atoms with Gasteiger partial charge in [-0.25, -0.2) is 4.98 Å². The van der Waals surface area contributed by atoms with E-state index in [2.05, 4.69) is 26.3 Å². The molecule has 2 aliphatic heterocycles. The van der Waals surface area contributed by atoms with E-state index in [9.17, 15) is 9.59 Å². The van der Waals surface area contributed by atoms with E-state index in [1.165, 1.54) is 0 Å². The lowest BCUT2D eigenvalue weighted by atomic mass is 9.95. The fourth-order valence-corrected chi connectivity index (χ4v) is 5.16. The molecule has 0 spiro atoms. The predicted molar refractivity (Wildman–Crippen MR) is 116 cm³/mol. The molecular weight excluding hydrogens is 378 g/mol. The predicted octanol–water partition coefficient (Wildman–Crippen LogP) is 2.96. The number of primary amides is 1. The van der Waals surface area contributed by atoms with Gasteiger partial charge in [0, 0.05) is 48.1 Å². The largest absolute Gasteiger partial charge is 0.381 e. The van der Waals surface area contributed by atoms with E-state index < -0.39 is 5.91 Å². The molecule has 30 heavy (non-hydrogen) atoms. The number of carbonyl (C=O) groups is 2. The number of piperidine rings is 1. The van der Waals surface area contributed by atoms with Crippen LogP contribution in [0.1, 0.15) is 64.6 Å². The molecule has 0 aromatic carbocycles. The standard InChI is InChI=1S/C23H25N5O2/c1-13(29)14-5-8-21(26-11-14)28-16-6-7-17(28)10-15(9-16)27-22-18-3-2-4-20(18)25-12-19(22)23(24)30/h2-3,5,8,11-12,15-17H,4,6-7,9-10H2,1H3,(H2,24,30)(H,25,27)/t15?,16-,17+. The number of nitrogens with one attached hydrogen (secondary N) is 1. The average molecular weight is 403 g/mol. The number of hydrogen-bond donors (Lipinski definition) is 2. The second-order valence-electron chi connectivity index (χ2n) is 8.44. The Morgan fingerprint density at radius 1 is 1.13 bits per heavy atom. The summed E-state index contributed by atoms with van der Waals surface area (Å²) in [7, 11) is 0. The summed E-state index contributed by atoms with van der Waals surface area (Å²) in [5.74, 6) is 0.517. The first-order valence-electron chi connectivity index (χ1n) is 10.5. The van der Waals surface area contributed by atoms with E-state index in [0.717, 1.165) is 54.9 Å². The monoisotopic (exact) mass is 403 g/mol. The zero-order chi connectivity index (χ0) is 20.8. The fourth-order valence-electron chi connectivity index (χ4n) is 5.16. The Morgan fingerprint density at radius 2 is 1.90 bits per heavy atom. The van der Waals surface area contributed by atoms with Crippen LogP contribution in [0.25, 0.3) is 6.08 Å². The van der Waals surface area contributed by atoms with Gasteiger partial charge in [-0.3, -0.25) is 14.6 Å². The maximum absolute atomic E-state index is 12.0. The van der Waals surface area contributed by atoms with Gasteiger partial charge < -0.3 is 16.0 Å². The minimum absolute atomic E-state index is 0.0316. The molecule has 1 aliphatic carbocycles. The fraction of sp³-hybridized carbons (Fsp3) is 0.391. The summed E-state index contributed by atoms with van der Waals surface area (Å²) in [5.41, 5.74) is 9.52. The van der Waals surface area contributed by atoms with Crippen LogP contribution in [0.5, 0.6) is 0 Å². The van der Waals surface area contributed by atoms with Crippen molar-refractivity contribution in [2.45, 2.75) is 57.2 Å². The smallest absolute Gasteiger partial charge is 0.252 e. The number of amides is 1. The summed E-state index contributed by atoms with van der Waals surface area (Å²) >= 11 is 0. The van der Waals surface area contributed by atoms with Gasteiger partial charge in [0.25, 0.3) is 5.91 Å². The normalized spacial score (nSPS) is 24.0. The third kappa shape index (κ3) is 3.14. The van der Waals surface area contributed by atoms with E-state index in [1.807, 2.05) is 18.2 Å². The van der Waals surface area contributed by atoms with Crippen molar-refractivity contribution in [3.63, 3.8) is 0 Å². The van der Waals surface area contributed by atoms with Crippen LogP contribution in [-0.2, 0) is 6.42 Å². The lowest BCUT2D eigenvalue weighted by Gasteiger charge is -2.40. The maximum atomic E-state index is 12.0. The number of hydrogen-bond acceptors (Lipinski definition) is 6. The van der Waals surface area contributed by atoms with Gasteiger partial charge in [0.15, 0.2) is 5.78 Å². The maximum Gasteiger partial charge on any atom is 0.252 e. The van der Waals surface area contributed by atoms with Crippen molar-refractivity contribution in [1.82, 2.24) is 9.97 Å². The van der Waals surface area contributed by atoms with E-state index in [0.29, 0.717) is 23.2 Å². The first-order chi connectivity index (χ1) is 14.5. The molecule has 2 bridgehead atoms. The van der Waals surface area contributed by atoms with Gasteiger partial charge in [-0.2, -0.15) is 0 Å². The van der Waals surface area contributed by atoms with E-state index >= 15 is 0 Å². The zero-order valence-corrected chi connectivity index (χ0v) is 17.0. The Kier molecular flexibility index (Phi) is 4.53. The van der Waals surface area contributed by atoms with Crippen molar-refractivity contribution in [2.24, 2.45) is 5.73 Å². The van der Waals surface area contributed by atoms with Crippen LogP contribution in [-0.4, -0.2) is 39.8 Å². The molecule has 3 atom stereocenters. The first kappa shape index (κ1) is 18.8. The van der Waals surface area contributed by atoms with Crippen molar-refractivity contribution in [3.8, 4) is 0 Å². The SMILES string of the molecule is CC(=O)c1ccc(N2[C@@H]3CC[C@H]2CC(Nc2c(C(N)=O)cnc4c2C=CC4)C3)nc1. The van der Waals surface area contributed by atoms with Crippen LogP contribution in [0.2, 0.25) is 0 Å². The molecule has 2 aromatic rings. The second kappa shape index (κ2) is 7.23. The van der Waals surface area contributed by atoms with Crippen molar-refractivity contribution in [1.29, 1.82) is 0 Å². The summed E-state index contributed by atoms with van der Waals surface area (Å²) in [5, 5.41) is 3.64. The van der Waals surface area contributed by atoms with E-state index in [1.54, 1.807) is 19.3 Å². The molecule has 1 amide bonds. The topological polar surface area (TPSA) is 101 Å². The molecule has 2 aromatic heterocycles. The number of carbonyl (C=O) groups excluding carboxylic acids is 2. The number of ketones is 1. The van der Waals surface area contributed by atoms with E-state index in [4.69, 9.17) is 5.73 Å². The number of nitrogens with zero attached hydrogens (tertiary/aromatic N) is 3. The molecule has 7 heteroatoms. The highest BCUT2D eigenvalue weighted by molar-refractivity contribution is 6.00. The molecule has 3 N–H and O–H groups in total. The van der Waals surface area contributed by atoms with Gasteiger partial charge in [0.1, 0.15) is 5.82 Å². The van der Waals surface area contributed by atoms with Gasteiger partial charge in [-0.15, -0.1) is 0 Å². The average Bonchev–Trinajstić information content (AvgIpc) is 3.31. The second-order valence-corrected chi connectivity index (χ2v) is 8.44. The Morgan fingerprint density at radius 3 is 2.53 bits per heavy atom. The third-order valence-corrected chi connectivity index (χ3v) is 6.56. The van der Waals surface area contributed by atoms with Gasteiger partial charge in [0.05, 0.1) is 16.9 Å². The summed E-state index contributed by atoms with van der Waals surface area (Å²) in [6, 6.07) is 4.86. The summed E-state index contributed by atoms with van der Waals surface area (Å²) in [6.07, 6.45) is 12.3. The Labute approximate surface area is 175 Å². The highest BCUT2D eigenvalue weighted by atomic mass is 16.1. The quantitative estimate of drug-likeness (QED) is 0.745. The molecule has 2 fully saturated rings. The summed E-state index contributed by atoms with van der Waals surface area (Å²) in [4.78, 5) is 34.9. The molecule has 0 saturated carbocycles. The number of pyridine rings is 2. The van der Waals surface area contributed by atoms with Crippen molar-refractivity contribution >= 4 is 29.3 Å². The van der Waals surface area contributed by atoms with Crippen molar-refractivity contribution in [3.05, 3.63) is 53.0 Å². The molecule has 0 radical (unpaired) electrons. The molecule has 5 rings (SSSR count). The van der Waals surface area contributed by atoms with Crippen molar-refractivity contribution < 1.29 is 9.59 Å². The minimum atomic E-state index is -0.455. The number of fused-ring (bicyclic) bond motifs is 3. The zero-order valence-electron chi connectivity index (χ0n) is 17.0. The lowest BCUT2D eigenvalue weighted by molar-refractivity contribution is 0.0996. The Balaban J connectivity index is 1.37. The third-order valence-electron chi connectivity index (χ3n) is 6.56. The minimum Gasteiger partial charge on any atom is -0.381 e. The molecule has 154 valence electrons. The van der Waals surface area contributed by atoms with Crippen LogP contribution in [0.15, 0.2) is 30.6 Å². The van der Waals surface area contributed by atoms with Crippen LogP contribution in [0.4, 0.5) is 11.5 Å². The first-order valence-corrected chi connectivity index (χ1v) is 10.5. The molecule has 7 nitrogen and oxygen atoms in total. The van der Waals surface area contributed by atoms with Crippen molar-refractivity contribution in [2.75, 3.05) is 10.2 Å². The van der Waals surface area contributed by atoms with Crippen LogP contribution < -0.4 is 16.0 Å². The van der Waals surface area contributed by atoms with Crippen LogP contribution in [0.3, 0.4) is 0 Å². The van der Waals surface area contributed by atoms with Gasteiger partial charge in [-0.1, -0.05) is 12.2 Å². The molecule has 2 saturated heterocycles. The number of nitrogens with two attached hydrogens (primary N) is 1. The summed E-state index contributed by atoms with van der Waals surface area (Å²) < 4.78 is 0. The summed E-state index contributed by atoms with van der Waals surface area (Å²) in [6.45, 7) is 1.56. The van der Waals surface area contributed by atoms with Gasteiger partial charge in [-0.05, 0) is 44.7 Å².